The molecule has 0 spiro atoms. The topological polar surface area (TPSA) is 59.0 Å². The van der Waals surface area contributed by atoms with Gasteiger partial charge in [-0.25, -0.2) is 15.0 Å². The van der Waals surface area contributed by atoms with Gasteiger partial charge >= 0.3 is 0 Å². The van der Waals surface area contributed by atoms with Gasteiger partial charge in [0.25, 0.3) is 0 Å². The van der Waals surface area contributed by atoms with Crippen LogP contribution in [-0.4, -0.2) is 20.9 Å². The molecule has 1 aliphatic heterocycles. The molecule has 2 aromatic heterocycles. The molecule has 1 amide bonds. The molecule has 0 fully saturated rings. The maximum atomic E-state index is 13.2. The Bertz CT molecular complexity index is 1050. The Kier molecular flexibility index (Phi) is 3.84. The second kappa shape index (κ2) is 5.98. The van der Waals surface area contributed by atoms with E-state index < -0.39 is 5.41 Å². The molecular weight excluding hydrogens is 336 g/mol. The summed E-state index contributed by atoms with van der Waals surface area (Å²) in [5.41, 5.74) is 5.22. The molecule has 0 N–H and O–H groups in total. The number of carbonyl (C=O) groups is 1. The Balaban J connectivity index is 1.88. The summed E-state index contributed by atoms with van der Waals surface area (Å²) in [6.07, 6.45) is 3.62. The fourth-order valence-corrected chi connectivity index (χ4v) is 3.44. The lowest BCUT2D eigenvalue weighted by atomic mass is 9.85. The van der Waals surface area contributed by atoms with Crippen molar-refractivity contribution < 1.29 is 4.79 Å². The number of anilines is 2. The van der Waals surface area contributed by atoms with Crippen LogP contribution in [0.3, 0.4) is 0 Å². The fraction of sp³-hybridized carbons (Fsp3) is 0.273. The zero-order valence-corrected chi connectivity index (χ0v) is 16.2. The molecule has 0 atom stereocenters. The lowest BCUT2D eigenvalue weighted by Crippen LogP contribution is -2.33. The first kappa shape index (κ1) is 17.3. The Labute approximate surface area is 159 Å². The van der Waals surface area contributed by atoms with Crippen LogP contribution in [0.15, 0.2) is 42.7 Å². The summed E-state index contributed by atoms with van der Waals surface area (Å²) in [6, 6.07) is 10.0. The molecular formula is C22H22N4O. The number of benzene rings is 1. The second-order valence-corrected chi connectivity index (χ2v) is 7.59. The summed E-state index contributed by atoms with van der Waals surface area (Å²) >= 11 is 0. The summed E-state index contributed by atoms with van der Waals surface area (Å²) in [5, 5.41) is 0. The van der Waals surface area contributed by atoms with Crippen LogP contribution in [0, 0.1) is 20.8 Å². The van der Waals surface area contributed by atoms with E-state index in [9.17, 15) is 4.79 Å². The number of pyridine rings is 1. The first-order valence-electron chi connectivity index (χ1n) is 9.01. The maximum absolute atomic E-state index is 13.2. The highest BCUT2D eigenvalue weighted by molar-refractivity contribution is 6.12. The first-order valence-corrected chi connectivity index (χ1v) is 9.01. The molecule has 1 aromatic carbocycles. The lowest BCUT2D eigenvalue weighted by molar-refractivity contribution is -0.121. The average Bonchev–Trinajstić information content (AvgIpc) is 2.84. The van der Waals surface area contributed by atoms with E-state index in [4.69, 9.17) is 0 Å². The Morgan fingerprint density at radius 1 is 0.926 bits per heavy atom. The Morgan fingerprint density at radius 3 is 2.30 bits per heavy atom. The van der Waals surface area contributed by atoms with Gasteiger partial charge in [-0.1, -0.05) is 18.2 Å². The molecule has 3 aromatic rings. The van der Waals surface area contributed by atoms with Gasteiger partial charge in [0.05, 0.1) is 11.1 Å². The standard InChI is InChI=1S/C22H22N4O/c1-13-6-9-20(25-14(13)2)26-19-10-16(17-11-23-15(3)24-12-17)7-8-18(19)22(4,5)21(26)27/h6-12H,1-5H3. The van der Waals surface area contributed by atoms with Crippen LogP contribution in [0.25, 0.3) is 11.1 Å². The first-order chi connectivity index (χ1) is 12.8. The molecule has 0 radical (unpaired) electrons. The van der Waals surface area contributed by atoms with Gasteiger partial charge in [-0.3, -0.25) is 9.69 Å². The zero-order valence-electron chi connectivity index (χ0n) is 16.2. The number of hydrogen-bond donors (Lipinski definition) is 0. The predicted molar refractivity (Wildman–Crippen MR) is 106 cm³/mol. The third kappa shape index (κ3) is 2.70. The summed E-state index contributed by atoms with van der Waals surface area (Å²) < 4.78 is 0. The summed E-state index contributed by atoms with van der Waals surface area (Å²) in [7, 11) is 0. The van der Waals surface area contributed by atoms with Crippen molar-refractivity contribution in [3.8, 4) is 11.1 Å². The maximum Gasteiger partial charge on any atom is 0.242 e. The van der Waals surface area contributed by atoms with Crippen molar-refractivity contribution >= 4 is 17.4 Å². The molecule has 5 nitrogen and oxygen atoms in total. The van der Waals surface area contributed by atoms with E-state index in [1.165, 1.54) is 0 Å². The smallest absolute Gasteiger partial charge is 0.242 e. The minimum atomic E-state index is -0.599. The summed E-state index contributed by atoms with van der Waals surface area (Å²) in [4.78, 5) is 28.2. The van der Waals surface area contributed by atoms with Crippen LogP contribution in [0.4, 0.5) is 11.5 Å². The van der Waals surface area contributed by atoms with Gasteiger partial charge in [-0.15, -0.1) is 0 Å². The van der Waals surface area contributed by atoms with Crippen molar-refractivity contribution in [2.45, 2.75) is 40.0 Å². The molecule has 0 saturated carbocycles. The minimum Gasteiger partial charge on any atom is -0.273 e. The number of carbonyl (C=O) groups excluding carboxylic acids is 1. The fourth-order valence-electron chi connectivity index (χ4n) is 3.44. The monoisotopic (exact) mass is 358 g/mol. The van der Waals surface area contributed by atoms with Crippen molar-refractivity contribution in [3.05, 3.63) is 65.4 Å². The highest BCUT2D eigenvalue weighted by Crippen LogP contribution is 2.46. The number of aromatic nitrogens is 3. The van der Waals surface area contributed by atoms with Crippen molar-refractivity contribution in [2.24, 2.45) is 0 Å². The van der Waals surface area contributed by atoms with Crippen molar-refractivity contribution in [1.29, 1.82) is 0 Å². The SMILES string of the molecule is Cc1ncc(-c2ccc3c(c2)N(c2ccc(C)c(C)n2)C(=O)C3(C)C)cn1. The minimum absolute atomic E-state index is 0.0329. The van der Waals surface area contributed by atoms with Crippen molar-refractivity contribution in [1.82, 2.24) is 15.0 Å². The summed E-state index contributed by atoms with van der Waals surface area (Å²) in [5.74, 6) is 1.43. The van der Waals surface area contributed by atoms with Gasteiger partial charge in [-0.05, 0) is 63.4 Å². The number of rotatable bonds is 2. The van der Waals surface area contributed by atoms with Crippen LogP contribution >= 0.6 is 0 Å². The van der Waals surface area contributed by atoms with Gasteiger partial charge in [0.15, 0.2) is 0 Å². The molecule has 1 aliphatic rings. The second-order valence-electron chi connectivity index (χ2n) is 7.59. The number of fused-ring (bicyclic) bond motifs is 1. The van der Waals surface area contributed by atoms with Gasteiger partial charge in [-0.2, -0.15) is 0 Å². The van der Waals surface area contributed by atoms with Gasteiger partial charge in [0.1, 0.15) is 11.6 Å². The van der Waals surface area contributed by atoms with E-state index in [2.05, 4.69) is 15.0 Å². The number of aryl methyl sites for hydroxylation is 3. The van der Waals surface area contributed by atoms with Crippen LogP contribution in [0.1, 0.15) is 36.5 Å². The van der Waals surface area contributed by atoms with Gasteiger partial charge in [0.2, 0.25) is 5.91 Å². The molecule has 27 heavy (non-hydrogen) atoms. The molecule has 136 valence electrons. The van der Waals surface area contributed by atoms with Crippen LogP contribution < -0.4 is 4.90 Å². The van der Waals surface area contributed by atoms with Crippen LogP contribution in [0.2, 0.25) is 0 Å². The zero-order chi connectivity index (χ0) is 19.3. The Hall–Kier alpha value is -3.08. The highest BCUT2D eigenvalue weighted by atomic mass is 16.2. The normalized spacial score (nSPS) is 15.1. The quantitative estimate of drug-likeness (QED) is 0.680. The van der Waals surface area contributed by atoms with E-state index in [1.54, 1.807) is 4.90 Å². The molecule has 0 bridgehead atoms. The third-order valence-electron chi connectivity index (χ3n) is 5.33. The van der Waals surface area contributed by atoms with E-state index in [0.717, 1.165) is 39.5 Å². The van der Waals surface area contributed by atoms with E-state index >= 15 is 0 Å². The number of nitrogens with zero attached hydrogens (tertiary/aromatic N) is 4. The highest BCUT2D eigenvalue weighted by Gasteiger charge is 2.45. The van der Waals surface area contributed by atoms with E-state index in [1.807, 2.05) is 77.3 Å². The van der Waals surface area contributed by atoms with E-state index in [-0.39, 0.29) is 5.91 Å². The van der Waals surface area contributed by atoms with Crippen LogP contribution in [0.5, 0.6) is 0 Å². The number of hydrogen-bond acceptors (Lipinski definition) is 4. The van der Waals surface area contributed by atoms with Crippen LogP contribution in [-0.2, 0) is 10.2 Å². The lowest BCUT2D eigenvalue weighted by Gasteiger charge is -2.20. The number of amides is 1. The molecule has 5 heteroatoms. The van der Waals surface area contributed by atoms with Crippen molar-refractivity contribution in [2.75, 3.05) is 4.90 Å². The van der Waals surface area contributed by atoms with Gasteiger partial charge in [0, 0.05) is 23.7 Å². The average molecular weight is 358 g/mol. The molecule has 4 rings (SSSR count). The molecule has 3 heterocycles. The molecule has 0 unspecified atom stereocenters. The largest absolute Gasteiger partial charge is 0.273 e. The Morgan fingerprint density at radius 2 is 1.63 bits per heavy atom. The third-order valence-corrected chi connectivity index (χ3v) is 5.33. The van der Waals surface area contributed by atoms with Crippen molar-refractivity contribution in [3.63, 3.8) is 0 Å². The predicted octanol–water partition coefficient (Wildman–Crippen LogP) is 4.42. The molecule has 0 aliphatic carbocycles. The van der Waals surface area contributed by atoms with Gasteiger partial charge < -0.3 is 0 Å². The molecule has 0 saturated heterocycles. The van der Waals surface area contributed by atoms with E-state index in [0.29, 0.717) is 5.82 Å². The summed E-state index contributed by atoms with van der Waals surface area (Å²) in [6.45, 7) is 9.77.